The first-order valence-electron chi connectivity index (χ1n) is 7.39. The second-order valence-corrected chi connectivity index (χ2v) is 5.26. The summed E-state index contributed by atoms with van der Waals surface area (Å²) in [4.78, 5) is 26.7. The maximum absolute atomic E-state index is 12.0. The van der Waals surface area contributed by atoms with Crippen LogP contribution in [0.25, 0.3) is 0 Å². The summed E-state index contributed by atoms with van der Waals surface area (Å²) in [7, 11) is 0. The number of carbonyl (C=O) groups is 2. The molecule has 0 spiro atoms. The van der Waals surface area contributed by atoms with E-state index >= 15 is 0 Å². The van der Waals surface area contributed by atoms with E-state index in [2.05, 4.69) is 15.6 Å². The molecule has 120 valence electrons. The highest BCUT2D eigenvalue weighted by Crippen LogP contribution is 2.16. The first-order valence-corrected chi connectivity index (χ1v) is 7.39. The number of anilines is 1. The van der Waals surface area contributed by atoms with Gasteiger partial charge in [-0.05, 0) is 48.7 Å². The van der Waals surface area contributed by atoms with Crippen LogP contribution in [0.15, 0.2) is 48.8 Å². The van der Waals surface area contributed by atoms with Gasteiger partial charge in [-0.15, -0.1) is 0 Å². The molecular weight excluding hydrogens is 292 g/mol. The van der Waals surface area contributed by atoms with Crippen molar-refractivity contribution in [1.29, 1.82) is 0 Å². The van der Waals surface area contributed by atoms with Crippen LogP contribution in [0, 0.1) is 0 Å². The molecule has 1 atom stereocenters. The number of benzene rings is 1. The third-order valence-electron chi connectivity index (χ3n) is 3.45. The Hall–Kier alpha value is -2.89. The van der Waals surface area contributed by atoms with Gasteiger partial charge in [-0.3, -0.25) is 9.78 Å². The standard InChI is InChI=1S/C17H20N4O2/c1-12(14-3-5-15(6-4-14)21-17(18)23)20-16(22)7-2-13-8-10-19-11-9-13/h3-6,8-12H,2,7H2,1H3,(H,20,22)(H3,18,21,23). The van der Waals surface area contributed by atoms with E-state index in [1.54, 1.807) is 24.5 Å². The monoisotopic (exact) mass is 312 g/mol. The number of rotatable bonds is 6. The summed E-state index contributed by atoms with van der Waals surface area (Å²) < 4.78 is 0. The predicted molar refractivity (Wildman–Crippen MR) is 88.8 cm³/mol. The smallest absolute Gasteiger partial charge is 0.316 e. The van der Waals surface area contributed by atoms with E-state index in [-0.39, 0.29) is 11.9 Å². The second kappa shape index (κ2) is 7.93. The number of aromatic nitrogens is 1. The van der Waals surface area contributed by atoms with Crippen molar-refractivity contribution < 1.29 is 9.59 Å². The minimum absolute atomic E-state index is 0.00588. The highest BCUT2D eigenvalue weighted by molar-refractivity contribution is 5.87. The zero-order chi connectivity index (χ0) is 16.7. The van der Waals surface area contributed by atoms with Gasteiger partial charge in [0.1, 0.15) is 0 Å². The summed E-state index contributed by atoms with van der Waals surface area (Å²) in [5.41, 5.74) is 7.72. The van der Waals surface area contributed by atoms with Crippen LogP contribution >= 0.6 is 0 Å². The summed E-state index contributed by atoms with van der Waals surface area (Å²) in [6.45, 7) is 1.92. The molecule has 0 aliphatic heterocycles. The zero-order valence-electron chi connectivity index (χ0n) is 13.0. The summed E-state index contributed by atoms with van der Waals surface area (Å²) in [6, 6.07) is 10.3. The first-order chi connectivity index (χ1) is 11.0. The molecule has 0 saturated carbocycles. The molecule has 0 saturated heterocycles. The van der Waals surface area contributed by atoms with E-state index in [1.165, 1.54) is 0 Å². The molecule has 2 aromatic rings. The Balaban J connectivity index is 1.84. The summed E-state index contributed by atoms with van der Waals surface area (Å²) in [5.74, 6) is -0.00588. The highest BCUT2D eigenvalue weighted by atomic mass is 16.2. The Labute approximate surface area is 135 Å². The Morgan fingerprint density at radius 1 is 1.13 bits per heavy atom. The molecule has 2 rings (SSSR count). The lowest BCUT2D eigenvalue weighted by Gasteiger charge is -2.15. The molecule has 4 N–H and O–H groups in total. The van der Waals surface area contributed by atoms with Gasteiger partial charge >= 0.3 is 6.03 Å². The van der Waals surface area contributed by atoms with Gasteiger partial charge in [0, 0.05) is 24.5 Å². The summed E-state index contributed by atoms with van der Waals surface area (Å²) >= 11 is 0. The van der Waals surface area contributed by atoms with Crippen molar-refractivity contribution in [2.75, 3.05) is 5.32 Å². The fourth-order valence-corrected chi connectivity index (χ4v) is 2.20. The van der Waals surface area contributed by atoms with Crippen LogP contribution < -0.4 is 16.4 Å². The molecule has 3 amide bonds. The van der Waals surface area contributed by atoms with Crippen LogP contribution in [-0.4, -0.2) is 16.9 Å². The van der Waals surface area contributed by atoms with Gasteiger partial charge in [0.15, 0.2) is 0 Å². The number of pyridine rings is 1. The minimum atomic E-state index is -0.602. The van der Waals surface area contributed by atoms with Gasteiger partial charge in [0.05, 0.1) is 6.04 Å². The normalized spacial score (nSPS) is 11.5. The van der Waals surface area contributed by atoms with Gasteiger partial charge in [-0.25, -0.2) is 4.79 Å². The van der Waals surface area contributed by atoms with Crippen molar-refractivity contribution in [3.8, 4) is 0 Å². The zero-order valence-corrected chi connectivity index (χ0v) is 13.0. The fraction of sp³-hybridized carbons (Fsp3) is 0.235. The van der Waals surface area contributed by atoms with Crippen LogP contribution in [0.2, 0.25) is 0 Å². The number of hydrogen-bond donors (Lipinski definition) is 3. The summed E-state index contributed by atoms with van der Waals surface area (Å²) in [5, 5.41) is 5.46. The molecule has 0 fully saturated rings. The Morgan fingerprint density at radius 2 is 1.78 bits per heavy atom. The molecule has 0 aliphatic rings. The largest absolute Gasteiger partial charge is 0.351 e. The van der Waals surface area contributed by atoms with Crippen LogP contribution in [0.5, 0.6) is 0 Å². The molecular formula is C17H20N4O2. The molecule has 1 unspecified atom stereocenters. The van der Waals surface area contributed by atoms with Crippen LogP contribution in [-0.2, 0) is 11.2 Å². The first kappa shape index (κ1) is 16.5. The molecule has 23 heavy (non-hydrogen) atoms. The van der Waals surface area contributed by atoms with Crippen LogP contribution in [0.3, 0.4) is 0 Å². The Bertz CT molecular complexity index is 656. The van der Waals surface area contributed by atoms with Crippen molar-refractivity contribution in [1.82, 2.24) is 10.3 Å². The lowest BCUT2D eigenvalue weighted by molar-refractivity contribution is -0.121. The van der Waals surface area contributed by atoms with Crippen molar-refractivity contribution in [2.24, 2.45) is 5.73 Å². The lowest BCUT2D eigenvalue weighted by atomic mass is 10.1. The van der Waals surface area contributed by atoms with E-state index in [0.29, 0.717) is 18.5 Å². The van der Waals surface area contributed by atoms with Gasteiger partial charge in [0.25, 0.3) is 0 Å². The second-order valence-electron chi connectivity index (χ2n) is 5.26. The number of amides is 3. The number of nitrogens with two attached hydrogens (primary N) is 1. The van der Waals surface area contributed by atoms with E-state index in [1.807, 2.05) is 31.2 Å². The average molecular weight is 312 g/mol. The molecule has 1 aromatic heterocycles. The SMILES string of the molecule is CC(NC(=O)CCc1ccncc1)c1ccc(NC(N)=O)cc1. The van der Waals surface area contributed by atoms with Crippen molar-refractivity contribution in [3.63, 3.8) is 0 Å². The molecule has 6 heteroatoms. The number of carbonyl (C=O) groups excluding carboxylic acids is 2. The highest BCUT2D eigenvalue weighted by Gasteiger charge is 2.10. The molecule has 0 aliphatic carbocycles. The van der Waals surface area contributed by atoms with E-state index < -0.39 is 6.03 Å². The molecule has 1 heterocycles. The maximum atomic E-state index is 12.0. The minimum Gasteiger partial charge on any atom is -0.351 e. The molecule has 0 bridgehead atoms. The molecule has 6 nitrogen and oxygen atoms in total. The summed E-state index contributed by atoms with van der Waals surface area (Å²) in [6.07, 6.45) is 4.55. The van der Waals surface area contributed by atoms with E-state index in [0.717, 1.165) is 11.1 Å². The Kier molecular flexibility index (Phi) is 5.68. The van der Waals surface area contributed by atoms with Crippen molar-refractivity contribution >= 4 is 17.6 Å². The molecule has 0 radical (unpaired) electrons. The predicted octanol–water partition coefficient (Wildman–Crippen LogP) is 2.38. The van der Waals surface area contributed by atoms with E-state index in [4.69, 9.17) is 5.73 Å². The van der Waals surface area contributed by atoms with Crippen molar-refractivity contribution in [3.05, 3.63) is 59.9 Å². The average Bonchev–Trinajstić information content (AvgIpc) is 2.54. The van der Waals surface area contributed by atoms with Gasteiger partial charge in [-0.1, -0.05) is 12.1 Å². The van der Waals surface area contributed by atoms with Gasteiger partial charge in [0.2, 0.25) is 5.91 Å². The molecule has 1 aromatic carbocycles. The number of urea groups is 1. The number of aryl methyl sites for hydroxylation is 1. The third-order valence-corrected chi connectivity index (χ3v) is 3.45. The van der Waals surface area contributed by atoms with Crippen molar-refractivity contribution in [2.45, 2.75) is 25.8 Å². The number of primary amides is 1. The lowest BCUT2D eigenvalue weighted by Crippen LogP contribution is -2.26. The van der Waals surface area contributed by atoms with Gasteiger partial charge in [-0.2, -0.15) is 0 Å². The van der Waals surface area contributed by atoms with Gasteiger partial charge < -0.3 is 16.4 Å². The fourth-order valence-electron chi connectivity index (χ4n) is 2.20. The quantitative estimate of drug-likeness (QED) is 0.764. The number of nitrogens with one attached hydrogen (secondary N) is 2. The number of hydrogen-bond acceptors (Lipinski definition) is 3. The van der Waals surface area contributed by atoms with Crippen LogP contribution in [0.4, 0.5) is 10.5 Å². The van der Waals surface area contributed by atoms with E-state index in [9.17, 15) is 9.59 Å². The maximum Gasteiger partial charge on any atom is 0.316 e. The van der Waals surface area contributed by atoms with Crippen LogP contribution in [0.1, 0.15) is 30.5 Å². The topological polar surface area (TPSA) is 97.1 Å². The Morgan fingerprint density at radius 3 is 2.39 bits per heavy atom. The number of nitrogens with zero attached hydrogens (tertiary/aromatic N) is 1. The third kappa shape index (κ3) is 5.43.